The molecule has 0 aliphatic carbocycles. The molecule has 7 nitrogen and oxygen atoms in total. The molecule has 2 atom stereocenters. The number of aryl methyl sites for hydroxylation is 1. The maximum absolute atomic E-state index is 12.6. The Morgan fingerprint density at radius 1 is 1.27 bits per heavy atom. The summed E-state index contributed by atoms with van der Waals surface area (Å²) < 4.78 is 0. The minimum Gasteiger partial charge on any atom is -0.481 e. The predicted molar refractivity (Wildman–Crippen MR) is 94.6 cm³/mol. The number of amides is 1. The first kappa shape index (κ1) is 18.1. The molecule has 1 aromatic carbocycles. The first-order valence-corrected chi connectivity index (χ1v) is 8.77. The number of H-pyrrole nitrogens is 1. The van der Waals surface area contributed by atoms with Gasteiger partial charge in [-0.2, -0.15) is 5.10 Å². The number of aromatic amines is 1. The second-order valence-electron chi connectivity index (χ2n) is 6.80. The molecule has 26 heavy (non-hydrogen) atoms. The first-order chi connectivity index (χ1) is 12.5. The second-order valence-corrected chi connectivity index (χ2v) is 6.80. The van der Waals surface area contributed by atoms with Gasteiger partial charge >= 0.3 is 5.97 Å². The smallest absolute Gasteiger partial charge is 0.314 e. The summed E-state index contributed by atoms with van der Waals surface area (Å²) in [5, 5.41) is 26.7. The number of carboxylic acids is 1. The van der Waals surface area contributed by atoms with Crippen LogP contribution in [-0.4, -0.2) is 56.4 Å². The molecule has 2 aromatic rings. The Balaban J connectivity index is 1.72. The minimum atomic E-state index is -1.34. The zero-order chi connectivity index (χ0) is 18.6. The van der Waals surface area contributed by atoms with E-state index in [2.05, 4.69) is 10.2 Å². The van der Waals surface area contributed by atoms with Crippen molar-refractivity contribution in [3.8, 4) is 0 Å². The van der Waals surface area contributed by atoms with Crippen LogP contribution in [0.4, 0.5) is 0 Å². The van der Waals surface area contributed by atoms with E-state index in [1.165, 1.54) is 11.1 Å². The maximum atomic E-state index is 12.6. The summed E-state index contributed by atoms with van der Waals surface area (Å²) in [6, 6.07) is 11.4. The van der Waals surface area contributed by atoms with Gasteiger partial charge in [-0.1, -0.05) is 30.3 Å². The van der Waals surface area contributed by atoms with Crippen LogP contribution >= 0.6 is 0 Å². The van der Waals surface area contributed by atoms with Gasteiger partial charge in [-0.05, 0) is 37.3 Å². The number of rotatable bonds is 6. The van der Waals surface area contributed by atoms with Gasteiger partial charge in [-0.25, -0.2) is 0 Å². The number of aliphatic hydroxyl groups excluding tert-OH is 1. The number of likely N-dealkylation sites (tertiary alicyclic amines) is 1. The summed E-state index contributed by atoms with van der Waals surface area (Å²) in [5.74, 6) is -1.34. The predicted octanol–water partition coefficient (Wildman–Crippen LogP) is 1.71. The van der Waals surface area contributed by atoms with Gasteiger partial charge in [0.05, 0.1) is 6.10 Å². The highest BCUT2D eigenvalue weighted by Gasteiger charge is 2.49. The van der Waals surface area contributed by atoms with E-state index >= 15 is 0 Å². The molecule has 1 saturated heterocycles. The van der Waals surface area contributed by atoms with Crippen LogP contribution in [0, 0.1) is 5.41 Å². The second kappa shape index (κ2) is 7.70. The molecule has 0 radical (unpaired) electrons. The highest BCUT2D eigenvalue weighted by molar-refractivity contribution is 5.92. The van der Waals surface area contributed by atoms with Crippen molar-refractivity contribution in [3.05, 3.63) is 53.9 Å². The zero-order valence-electron chi connectivity index (χ0n) is 14.5. The quantitative estimate of drug-likeness (QED) is 0.730. The zero-order valence-corrected chi connectivity index (χ0v) is 14.5. The lowest BCUT2D eigenvalue weighted by atomic mass is 9.73. The van der Waals surface area contributed by atoms with Crippen molar-refractivity contribution in [1.82, 2.24) is 15.1 Å². The van der Waals surface area contributed by atoms with Gasteiger partial charge in [0.25, 0.3) is 5.91 Å². The van der Waals surface area contributed by atoms with Crippen molar-refractivity contribution in [2.75, 3.05) is 13.1 Å². The van der Waals surface area contributed by atoms with Crippen LogP contribution in [0.1, 0.15) is 35.3 Å². The number of carbonyl (C=O) groups is 2. The van der Waals surface area contributed by atoms with Crippen LogP contribution < -0.4 is 0 Å². The number of nitrogens with one attached hydrogen (secondary N) is 1. The van der Waals surface area contributed by atoms with Crippen LogP contribution in [0.25, 0.3) is 0 Å². The van der Waals surface area contributed by atoms with Crippen molar-refractivity contribution >= 4 is 11.9 Å². The molecule has 2 heterocycles. The van der Waals surface area contributed by atoms with Crippen molar-refractivity contribution in [1.29, 1.82) is 0 Å². The third-order valence-corrected chi connectivity index (χ3v) is 5.16. The average molecular weight is 357 g/mol. The number of aliphatic carboxylic acids is 1. The molecular formula is C19H23N3O4. The Kier molecular flexibility index (Phi) is 5.37. The van der Waals surface area contributed by atoms with Gasteiger partial charge < -0.3 is 15.1 Å². The van der Waals surface area contributed by atoms with Gasteiger partial charge in [-0.15, -0.1) is 0 Å². The third kappa shape index (κ3) is 3.62. The van der Waals surface area contributed by atoms with Crippen molar-refractivity contribution in [2.24, 2.45) is 5.41 Å². The Hall–Kier alpha value is -2.67. The molecule has 0 spiro atoms. The lowest BCUT2D eigenvalue weighted by Crippen LogP contribution is -2.57. The molecule has 1 fully saturated rings. The summed E-state index contributed by atoms with van der Waals surface area (Å²) >= 11 is 0. The number of aliphatic hydroxyl groups is 1. The molecule has 0 bridgehead atoms. The van der Waals surface area contributed by atoms with Gasteiger partial charge in [0.1, 0.15) is 11.1 Å². The number of hydrogen-bond acceptors (Lipinski definition) is 4. The van der Waals surface area contributed by atoms with Crippen molar-refractivity contribution in [3.63, 3.8) is 0 Å². The number of hydrogen-bond donors (Lipinski definition) is 3. The molecule has 1 amide bonds. The summed E-state index contributed by atoms with van der Waals surface area (Å²) in [4.78, 5) is 26.1. The number of aromatic nitrogens is 2. The molecule has 1 aliphatic heterocycles. The number of piperidine rings is 1. The molecule has 0 unspecified atom stereocenters. The molecule has 3 rings (SSSR count). The fourth-order valence-corrected chi connectivity index (χ4v) is 3.61. The Bertz CT molecular complexity index is 747. The van der Waals surface area contributed by atoms with E-state index in [0.29, 0.717) is 25.1 Å². The average Bonchev–Trinajstić information content (AvgIpc) is 3.18. The van der Waals surface area contributed by atoms with Crippen LogP contribution in [0.3, 0.4) is 0 Å². The van der Waals surface area contributed by atoms with E-state index in [4.69, 9.17) is 0 Å². The van der Waals surface area contributed by atoms with Crippen LogP contribution in [-0.2, 0) is 11.2 Å². The standard InChI is InChI=1S/C19H23N3O4/c23-16-9-12-22(17(24)15-8-11-20-21-15)13-19(16,18(25)26)10-4-7-14-5-2-1-3-6-14/h1-3,5-6,8,11,16,23H,4,7,9-10,12-13H2,(H,20,21)(H,25,26)/t16-,19-/m1/s1. The number of carboxylic acid groups (broad SMARTS) is 1. The van der Waals surface area contributed by atoms with Crippen molar-refractivity contribution in [2.45, 2.75) is 31.8 Å². The highest BCUT2D eigenvalue weighted by Crippen LogP contribution is 2.36. The Labute approximate surface area is 151 Å². The maximum Gasteiger partial charge on any atom is 0.314 e. The summed E-state index contributed by atoms with van der Waals surface area (Å²) in [7, 11) is 0. The van der Waals surface area contributed by atoms with Crippen LogP contribution in [0.5, 0.6) is 0 Å². The highest BCUT2D eigenvalue weighted by atomic mass is 16.4. The van der Waals surface area contributed by atoms with Gasteiger partial charge in [-0.3, -0.25) is 14.7 Å². The van der Waals surface area contributed by atoms with E-state index < -0.39 is 17.5 Å². The summed E-state index contributed by atoms with van der Waals surface area (Å²) in [5.41, 5.74) is 0.108. The molecule has 1 aliphatic rings. The summed E-state index contributed by atoms with van der Waals surface area (Å²) in [6.45, 7) is 0.322. The number of nitrogens with zero attached hydrogens (tertiary/aromatic N) is 2. The normalized spacial score (nSPS) is 23.0. The first-order valence-electron chi connectivity index (χ1n) is 8.77. The Morgan fingerprint density at radius 2 is 2.04 bits per heavy atom. The molecule has 138 valence electrons. The Morgan fingerprint density at radius 3 is 2.69 bits per heavy atom. The van der Waals surface area contributed by atoms with E-state index in [9.17, 15) is 19.8 Å². The topological polar surface area (TPSA) is 107 Å². The van der Waals surface area contributed by atoms with E-state index in [0.717, 1.165) is 12.0 Å². The monoisotopic (exact) mass is 357 g/mol. The molecular weight excluding hydrogens is 334 g/mol. The fraction of sp³-hybridized carbons (Fsp3) is 0.421. The lowest BCUT2D eigenvalue weighted by Gasteiger charge is -2.43. The number of carbonyl (C=O) groups excluding carboxylic acids is 1. The summed E-state index contributed by atoms with van der Waals surface area (Å²) in [6.07, 6.45) is 2.43. The molecule has 1 aromatic heterocycles. The van der Waals surface area contributed by atoms with Crippen LogP contribution in [0.15, 0.2) is 42.6 Å². The van der Waals surface area contributed by atoms with Crippen LogP contribution in [0.2, 0.25) is 0 Å². The van der Waals surface area contributed by atoms with Crippen molar-refractivity contribution < 1.29 is 19.8 Å². The largest absolute Gasteiger partial charge is 0.481 e. The molecule has 0 saturated carbocycles. The van der Waals surface area contributed by atoms with Gasteiger partial charge in [0.15, 0.2) is 0 Å². The van der Waals surface area contributed by atoms with Gasteiger partial charge in [0, 0.05) is 19.3 Å². The molecule has 7 heteroatoms. The number of benzene rings is 1. The lowest BCUT2D eigenvalue weighted by molar-refractivity contribution is -0.162. The third-order valence-electron chi connectivity index (χ3n) is 5.16. The fourth-order valence-electron chi connectivity index (χ4n) is 3.61. The van der Waals surface area contributed by atoms with E-state index in [1.54, 1.807) is 6.07 Å². The SMILES string of the molecule is O=C(c1ccn[nH]1)N1CC[C@@H](O)[C@](CCCc2ccccc2)(C(=O)O)C1. The van der Waals surface area contributed by atoms with E-state index in [1.807, 2.05) is 30.3 Å². The molecule has 3 N–H and O–H groups in total. The minimum absolute atomic E-state index is 0.00383. The van der Waals surface area contributed by atoms with E-state index in [-0.39, 0.29) is 18.9 Å². The van der Waals surface area contributed by atoms with Gasteiger partial charge in [0.2, 0.25) is 0 Å².